The number of nitrogens with zero attached hydrogens (tertiary/aromatic N) is 3. The summed E-state index contributed by atoms with van der Waals surface area (Å²) >= 11 is 1.56. The largest absolute Gasteiger partial charge is 0.337 e. The van der Waals surface area contributed by atoms with E-state index in [0.29, 0.717) is 31.2 Å². The molecule has 28 heavy (non-hydrogen) atoms. The third-order valence-corrected chi connectivity index (χ3v) is 5.58. The SMILES string of the molecule is CCN(Cc1nc(-c2cccs2)no1)C(=O)CCc1ccc(C(C)(C)C)cc1. The summed E-state index contributed by atoms with van der Waals surface area (Å²) in [5.41, 5.74) is 2.62. The van der Waals surface area contributed by atoms with Crippen molar-refractivity contribution in [3.05, 3.63) is 58.8 Å². The Bertz CT molecular complexity index is 893. The van der Waals surface area contributed by atoms with Crippen molar-refractivity contribution < 1.29 is 9.32 Å². The number of carbonyl (C=O) groups is 1. The van der Waals surface area contributed by atoms with E-state index in [1.807, 2.05) is 24.4 Å². The van der Waals surface area contributed by atoms with Gasteiger partial charge in [-0.1, -0.05) is 56.3 Å². The molecule has 0 saturated heterocycles. The van der Waals surface area contributed by atoms with Gasteiger partial charge in [0.15, 0.2) is 0 Å². The Morgan fingerprint density at radius 1 is 1.18 bits per heavy atom. The molecule has 2 heterocycles. The van der Waals surface area contributed by atoms with Crippen LogP contribution in [0.5, 0.6) is 0 Å². The molecular formula is C22H27N3O2S. The number of rotatable bonds is 7. The van der Waals surface area contributed by atoms with Crippen LogP contribution in [0.4, 0.5) is 0 Å². The van der Waals surface area contributed by atoms with Crippen LogP contribution in [0.1, 0.15) is 51.1 Å². The molecule has 0 bridgehead atoms. The Hall–Kier alpha value is -2.47. The Labute approximate surface area is 170 Å². The summed E-state index contributed by atoms with van der Waals surface area (Å²) in [6.07, 6.45) is 1.19. The first kappa shape index (κ1) is 20.3. The number of benzene rings is 1. The highest BCUT2D eigenvalue weighted by molar-refractivity contribution is 7.13. The van der Waals surface area contributed by atoms with Crippen LogP contribution in [-0.2, 0) is 23.2 Å². The van der Waals surface area contributed by atoms with E-state index in [2.05, 4.69) is 55.2 Å². The van der Waals surface area contributed by atoms with Crippen molar-refractivity contribution in [1.82, 2.24) is 15.0 Å². The molecule has 6 heteroatoms. The minimum Gasteiger partial charge on any atom is -0.337 e. The van der Waals surface area contributed by atoms with Crippen LogP contribution in [0.15, 0.2) is 46.3 Å². The number of aryl methyl sites for hydroxylation is 1. The Kier molecular flexibility index (Phi) is 6.29. The highest BCUT2D eigenvalue weighted by atomic mass is 32.1. The molecule has 5 nitrogen and oxygen atoms in total. The second-order valence-corrected chi connectivity index (χ2v) is 8.79. The molecule has 0 aliphatic heterocycles. The normalized spacial score (nSPS) is 11.6. The minimum atomic E-state index is 0.0956. The van der Waals surface area contributed by atoms with Crippen LogP contribution >= 0.6 is 11.3 Å². The molecule has 0 fully saturated rings. The van der Waals surface area contributed by atoms with Gasteiger partial charge >= 0.3 is 0 Å². The third kappa shape index (κ3) is 5.07. The van der Waals surface area contributed by atoms with E-state index in [9.17, 15) is 4.79 Å². The van der Waals surface area contributed by atoms with E-state index in [4.69, 9.17) is 4.52 Å². The van der Waals surface area contributed by atoms with Crippen LogP contribution in [0, 0.1) is 0 Å². The van der Waals surface area contributed by atoms with Gasteiger partial charge in [-0.25, -0.2) is 0 Å². The van der Waals surface area contributed by atoms with Gasteiger partial charge in [0.2, 0.25) is 17.6 Å². The van der Waals surface area contributed by atoms with Crippen LogP contribution in [-0.4, -0.2) is 27.5 Å². The maximum absolute atomic E-state index is 12.7. The molecular weight excluding hydrogens is 370 g/mol. The lowest BCUT2D eigenvalue weighted by Gasteiger charge is -2.20. The van der Waals surface area contributed by atoms with Gasteiger partial charge in [0.1, 0.15) is 0 Å². The predicted octanol–water partition coefficient (Wildman–Crippen LogP) is 5.08. The van der Waals surface area contributed by atoms with Gasteiger partial charge in [0, 0.05) is 13.0 Å². The lowest BCUT2D eigenvalue weighted by Crippen LogP contribution is -2.30. The van der Waals surface area contributed by atoms with Crippen molar-refractivity contribution >= 4 is 17.2 Å². The molecule has 0 spiro atoms. The number of aromatic nitrogens is 2. The maximum atomic E-state index is 12.7. The van der Waals surface area contributed by atoms with Crippen molar-refractivity contribution in [3.8, 4) is 10.7 Å². The highest BCUT2D eigenvalue weighted by Crippen LogP contribution is 2.23. The fourth-order valence-corrected chi connectivity index (χ4v) is 3.59. The Balaban J connectivity index is 1.56. The number of thiophene rings is 1. The van der Waals surface area contributed by atoms with E-state index in [0.717, 1.165) is 11.3 Å². The van der Waals surface area contributed by atoms with Gasteiger partial charge in [-0.05, 0) is 41.3 Å². The molecule has 0 saturated carbocycles. The summed E-state index contributed by atoms with van der Waals surface area (Å²) in [5, 5.41) is 5.99. The lowest BCUT2D eigenvalue weighted by molar-refractivity contribution is -0.131. The number of carbonyl (C=O) groups excluding carboxylic acids is 1. The Morgan fingerprint density at radius 3 is 2.54 bits per heavy atom. The Morgan fingerprint density at radius 2 is 1.93 bits per heavy atom. The van der Waals surface area contributed by atoms with E-state index in [1.165, 1.54) is 11.1 Å². The van der Waals surface area contributed by atoms with Crippen molar-refractivity contribution in [2.45, 2.75) is 52.5 Å². The van der Waals surface area contributed by atoms with Gasteiger partial charge in [-0.3, -0.25) is 4.79 Å². The van der Waals surface area contributed by atoms with Crippen molar-refractivity contribution in [1.29, 1.82) is 0 Å². The first-order chi connectivity index (χ1) is 13.4. The number of hydrogen-bond acceptors (Lipinski definition) is 5. The zero-order valence-electron chi connectivity index (χ0n) is 16.9. The summed E-state index contributed by atoms with van der Waals surface area (Å²) in [5.74, 6) is 1.14. The fourth-order valence-electron chi connectivity index (χ4n) is 2.95. The molecule has 2 aromatic heterocycles. The van der Waals surface area contributed by atoms with Crippen molar-refractivity contribution in [3.63, 3.8) is 0 Å². The van der Waals surface area contributed by atoms with Crippen LogP contribution < -0.4 is 0 Å². The first-order valence-electron chi connectivity index (χ1n) is 9.60. The average molecular weight is 398 g/mol. The average Bonchev–Trinajstić information content (AvgIpc) is 3.35. The van der Waals surface area contributed by atoms with E-state index >= 15 is 0 Å². The topological polar surface area (TPSA) is 59.2 Å². The lowest BCUT2D eigenvalue weighted by atomic mass is 9.86. The molecule has 0 N–H and O–H groups in total. The van der Waals surface area contributed by atoms with Gasteiger partial charge in [-0.2, -0.15) is 4.98 Å². The number of hydrogen-bond donors (Lipinski definition) is 0. The van der Waals surface area contributed by atoms with Crippen molar-refractivity contribution in [2.75, 3.05) is 6.54 Å². The smallest absolute Gasteiger partial charge is 0.246 e. The number of amides is 1. The van der Waals surface area contributed by atoms with Gasteiger partial charge in [-0.15, -0.1) is 11.3 Å². The molecule has 1 amide bonds. The molecule has 0 unspecified atom stereocenters. The fraction of sp³-hybridized carbons (Fsp3) is 0.409. The highest BCUT2D eigenvalue weighted by Gasteiger charge is 2.17. The van der Waals surface area contributed by atoms with Gasteiger partial charge in [0.05, 0.1) is 11.4 Å². The molecule has 3 rings (SSSR count). The molecule has 148 valence electrons. The summed E-state index contributed by atoms with van der Waals surface area (Å²) < 4.78 is 5.33. The van der Waals surface area contributed by atoms with Crippen LogP contribution in [0.2, 0.25) is 0 Å². The van der Waals surface area contributed by atoms with Crippen LogP contribution in [0.3, 0.4) is 0 Å². The monoisotopic (exact) mass is 397 g/mol. The zero-order chi connectivity index (χ0) is 20.1. The predicted molar refractivity (Wildman–Crippen MR) is 112 cm³/mol. The van der Waals surface area contributed by atoms with Gasteiger partial charge < -0.3 is 9.42 Å². The van der Waals surface area contributed by atoms with Gasteiger partial charge in [0.25, 0.3) is 0 Å². The first-order valence-corrected chi connectivity index (χ1v) is 10.5. The molecule has 3 aromatic rings. The minimum absolute atomic E-state index is 0.0956. The maximum Gasteiger partial charge on any atom is 0.246 e. The molecule has 1 aromatic carbocycles. The van der Waals surface area contributed by atoms with Crippen LogP contribution in [0.25, 0.3) is 10.7 Å². The molecule has 0 atom stereocenters. The quantitative estimate of drug-likeness (QED) is 0.558. The summed E-state index contributed by atoms with van der Waals surface area (Å²) in [6.45, 7) is 9.52. The summed E-state index contributed by atoms with van der Waals surface area (Å²) in [6, 6.07) is 12.5. The van der Waals surface area contributed by atoms with E-state index in [-0.39, 0.29) is 11.3 Å². The second kappa shape index (κ2) is 8.69. The summed E-state index contributed by atoms with van der Waals surface area (Å²) in [7, 11) is 0. The standard InChI is InChI=1S/C22H27N3O2S/c1-5-25(15-19-23-21(24-27-19)18-7-6-14-28-18)20(26)13-10-16-8-11-17(12-9-16)22(2,3)4/h6-9,11-12,14H,5,10,13,15H2,1-4H3. The second-order valence-electron chi connectivity index (χ2n) is 7.84. The molecule has 0 radical (unpaired) electrons. The third-order valence-electron chi connectivity index (χ3n) is 4.72. The van der Waals surface area contributed by atoms with E-state index in [1.54, 1.807) is 16.2 Å². The zero-order valence-corrected chi connectivity index (χ0v) is 17.8. The summed E-state index contributed by atoms with van der Waals surface area (Å²) in [4.78, 5) is 19.8. The molecule has 0 aliphatic carbocycles. The molecule has 0 aliphatic rings. The van der Waals surface area contributed by atoms with E-state index < -0.39 is 0 Å². The van der Waals surface area contributed by atoms with Crippen molar-refractivity contribution in [2.24, 2.45) is 0 Å².